The van der Waals surface area contributed by atoms with E-state index >= 15 is 0 Å². The third kappa shape index (κ3) is 7.31. The van der Waals surface area contributed by atoms with Gasteiger partial charge in [-0.2, -0.15) is 4.99 Å². The Morgan fingerprint density at radius 2 is 1.67 bits per heavy atom. The maximum absolute atomic E-state index is 13.2. The summed E-state index contributed by atoms with van der Waals surface area (Å²) in [6.07, 6.45) is -3.29. The van der Waals surface area contributed by atoms with Crippen LogP contribution in [0.5, 0.6) is 11.5 Å². The molecule has 0 aliphatic rings. The largest absolute Gasteiger partial charge is 0.573 e. The Morgan fingerprint density at radius 1 is 1.00 bits per heavy atom. The molecule has 0 spiro atoms. The van der Waals surface area contributed by atoms with Gasteiger partial charge >= 0.3 is 12.4 Å². The number of thiazole rings is 1. The lowest BCUT2D eigenvalue weighted by Crippen LogP contribution is -2.40. The van der Waals surface area contributed by atoms with Crippen molar-refractivity contribution in [3.63, 3.8) is 0 Å². The van der Waals surface area contributed by atoms with Gasteiger partial charge < -0.3 is 14.8 Å². The topological polar surface area (TPSA) is 95.6 Å². The number of halogens is 3. The predicted octanol–water partition coefficient (Wildman–Crippen LogP) is 7.67. The number of carbonyl (C=O) groups is 1. The summed E-state index contributed by atoms with van der Waals surface area (Å²) in [5, 5.41) is 9.44. The molecule has 46 heavy (non-hydrogen) atoms. The monoisotopic (exact) mass is 650 g/mol. The maximum Gasteiger partial charge on any atom is 0.573 e. The molecule has 0 saturated carbocycles. The van der Waals surface area contributed by atoms with Crippen LogP contribution in [0.3, 0.4) is 0 Å². The number of benzene rings is 3. The van der Waals surface area contributed by atoms with E-state index in [2.05, 4.69) is 39.0 Å². The minimum absolute atomic E-state index is 0.220. The molecule has 1 N–H and O–H groups in total. The number of carbonyl (C=O) groups excluding carboxylic acids is 1. The van der Waals surface area contributed by atoms with Crippen molar-refractivity contribution in [2.45, 2.75) is 52.4 Å². The minimum Gasteiger partial charge on any atom is -0.497 e. The standard InChI is InChI=1S/C33H33F3N6O3S/c1-20(2)27-17-26(44-6)15-16-28(27)42-21(3)18-46-31(42)38-30(43)39-32(4,5)23-9-7-22(8-10-23)29-37-19-41(40-29)24-11-13-25(14-12-24)45-33(34,35)36/h7-20H,1-6H3,(H,39,43)/b38-31-. The quantitative estimate of drug-likeness (QED) is 0.186. The zero-order valence-electron chi connectivity index (χ0n) is 26.1. The Morgan fingerprint density at radius 3 is 2.30 bits per heavy atom. The number of urea groups is 1. The van der Waals surface area contributed by atoms with Gasteiger partial charge in [0.2, 0.25) is 0 Å². The number of amides is 2. The Hall–Kier alpha value is -4.91. The normalized spacial score (nSPS) is 12.4. The molecule has 2 amide bonds. The first-order valence-corrected chi connectivity index (χ1v) is 15.2. The van der Waals surface area contributed by atoms with E-state index in [9.17, 15) is 18.0 Å². The van der Waals surface area contributed by atoms with Gasteiger partial charge in [-0.3, -0.25) is 4.57 Å². The van der Waals surface area contributed by atoms with E-state index < -0.39 is 17.9 Å². The molecule has 0 aliphatic carbocycles. The number of ether oxygens (including phenoxy) is 2. The summed E-state index contributed by atoms with van der Waals surface area (Å²) in [6.45, 7) is 9.98. The van der Waals surface area contributed by atoms with E-state index in [-0.39, 0.29) is 11.7 Å². The van der Waals surface area contributed by atoms with Crippen molar-refractivity contribution >= 4 is 17.4 Å². The van der Waals surface area contributed by atoms with E-state index in [0.717, 1.165) is 33.8 Å². The second-order valence-electron chi connectivity index (χ2n) is 11.4. The first-order valence-electron chi connectivity index (χ1n) is 14.3. The van der Waals surface area contributed by atoms with E-state index in [1.165, 1.54) is 46.6 Å². The van der Waals surface area contributed by atoms with Gasteiger partial charge in [0.05, 0.1) is 24.0 Å². The van der Waals surface area contributed by atoms with Gasteiger partial charge in [0.25, 0.3) is 0 Å². The zero-order chi connectivity index (χ0) is 33.2. The number of alkyl halides is 3. The lowest BCUT2D eigenvalue weighted by Gasteiger charge is -2.26. The molecular weight excluding hydrogens is 617 g/mol. The van der Waals surface area contributed by atoms with E-state index in [4.69, 9.17) is 4.74 Å². The highest BCUT2D eigenvalue weighted by molar-refractivity contribution is 7.07. The van der Waals surface area contributed by atoms with Crippen molar-refractivity contribution in [1.82, 2.24) is 24.6 Å². The highest BCUT2D eigenvalue weighted by atomic mass is 32.1. The fourth-order valence-electron chi connectivity index (χ4n) is 4.90. The SMILES string of the molecule is COc1ccc(-n2c(C)cs/c2=N\C(=O)NC(C)(C)c2ccc(-c3ncn(-c4ccc(OC(F)(F)F)cc4)n3)cc2)c(C(C)C)c1. The molecule has 0 bridgehead atoms. The van der Waals surface area contributed by atoms with Gasteiger partial charge in [0.15, 0.2) is 10.6 Å². The number of hydrogen-bond donors (Lipinski definition) is 1. The Labute approximate surface area is 268 Å². The number of hydrogen-bond acceptors (Lipinski definition) is 6. The molecule has 0 aliphatic heterocycles. The average Bonchev–Trinajstić information content (AvgIpc) is 3.63. The van der Waals surface area contributed by atoms with Crippen LogP contribution >= 0.6 is 11.3 Å². The minimum atomic E-state index is -4.76. The van der Waals surface area contributed by atoms with Crippen molar-refractivity contribution in [3.8, 4) is 34.3 Å². The molecule has 2 heterocycles. The fourth-order valence-corrected chi connectivity index (χ4v) is 5.76. The molecule has 0 radical (unpaired) electrons. The third-order valence-corrected chi connectivity index (χ3v) is 8.23. The highest BCUT2D eigenvalue weighted by Crippen LogP contribution is 2.29. The molecule has 0 atom stereocenters. The lowest BCUT2D eigenvalue weighted by atomic mass is 9.93. The molecule has 13 heteroatoms. The first-order chi connectivity index (χ1) is 21.7. The van der Waals surface area contributed by atoms with E-state index in [0.29, 0.717) is 16.3 Å². The zero-order valence-corrected chi connectivity index (χ0v) is 26.9. The van der Waals surface area contributed by atoms with Gasteiger partial charge in [-0.05, 0) is 80.3 Å². The summed E-state index contributed by atoms with van der Waals surface area (Å²) < 4.78 is 50.2. The summed E-state index contributed by atoms with van der Waals surface area (Å²) in [5.74, 6) is 1.09. The number of rotatable bonds is 8. The van der Waals surface area contributed by atoms with Gasteiger partial charge in [-0.25, -0.2) is 14.5 Å². The van der Waals surface area contributed by atoms with E-state index in [1.807, 2.05) is 73.2 Å². The maximum atomic E-state index is 13.2. The third-order valence-electron chi connectivity index (χ3n) is 7.28. The fraction of sp³-hybridized carbons (Fsp3) is 0.273. The van der Waals surface area contributed by atoms with Crippen molar-refractivity contribution < 1.29 is 27.4 Å². The van der Waals surface area contributed by atoms with Gasteiger partial charge in [-0.1, -0.05) is 38.1 Å². The lowest BCUT2D eigenvalue weighted by molar-refractivity contribution is -0.274. The second kappa shape index (κ2) is 12.8. The predicted molar refractivity (Wildman–Crippen MR) is 170 cm³/mol. The molecule has 0 saturated heterocycles. The number of aryl methyl sites for hydroxylation is 1. The molecule has 3 aromatic carbocycles. The van der Waals surface area contributed by atoms with Crippen LogP contribution in [0.1, 0.15) is 50.4 Å². The number of methoxy groups -OCH3 is 1. The van der Waals surface area contributed by atoms with Gasteiger partial charge in [0.1, 0.15) is 17.8 Å². The number of nitrogens with zero attached hydrogens (tertiary/aromatic N) is 5. The summed E-state index contributed by atoms with van der Waals surface area (Å²) >= 11 is 1.39. The van der Waals surface area contributed by atoms with Crippen molar-refractivity contribution in [3.05, 3.63) is 100 Å². The van der Waals surface area contributed by atoms with Crippen LogP contribution in [-0.4, -0.2) is 38.8 Å². The Kier molecular flexibility index (Phi) is 9.06. The van der Waals surface area contributed by atoms with Crippen LogP contribution in [0.15, 0.2) is 83.4 Å². The average molecular weight is 651 g/mol. The molecule has 9 nitrogen and oxygen atoms in total. The Balaban J connectivity index is 1.32. The van der Waals surface area contributed by atoms with Crippen LogP contribution in [0.2, 0.25) is 0 Å². The van der Waals surface area contributed by atoms with Crippen molar-refractivity contribution in [2.75, 3.05) is 7.11 Å². The molecule has 0 unspecified atom stereocenters. The highest BCUT2D eigenvalue weighted by Gasteiger charge is 2.31. The molecule has 2 aromatic heterocycles. The second-order valence-corrected chi connectivity index (χ2v) is 12.2. The van der Waals surface area contributed by atoms with E-state index in [1.54, 1.807) is 7.11 Å². The van der Waals surface area contributed by atoms with Crippen LogP contribution < -0.4 is 19.6 Å². The van der Waals surface area contributed by atoms with Gasteiger partial charge in [-0.15, -0.1) is 29.6 Å². The molecule has 5 rings (SSSR count). The van der Waals surface area contributed by atoms with Gasteiger partial charge in [0, 0.05) is 16.6 Å². The number of nitrogens with one attached hydrogen (secondary N) is 1. The number of aromatic nitrogens is 4. The van der Waals surface area contributed by atoms with Crippen LogP contribution in [0.4, 0.5) is 18.0 Å². The first kappa shape index (κ1) is 32.5. The summed E-state index contributed by atoms with van der Waals surface area (Å²) in [4.78, 5) is 22.6. The van der Waals surface area contributed by atoms with Crippen LogP contribution in [-0.2, 0) is 5.54 Å². The van der Waals surface area contributed by atoms with Crippen molar-refractivity contribution in [1.29, 1.82) is 0 Å². The Bertz CT molecular complexity index is 1910. The summed E-state index contributed by atoms with van der Waals surface area (Å²) in [7, 11) is 1.64. The van der Waals surface area contributed by atoms with Crippen molar-refractivity contribution in [2.24, 2.45) is 4.99 Å². The molecule has 5 aromatic rings. The molecular formula is C33H33F3N6O3S. The smallest absolute Gasteiger partial charge is 0.497 e. The summed E-state index contributed by atoms with van der Waals surface area (Å²) in [6, 6.07) is 18.2. The molecule has 0 fully saturated rings. The summed E-state index contributed by atoms with van der Waals surface area (Å²) in [5.41, 5.74) is 4.31. The van der Waals surface area contributed by atoms with Crippen LogP contribution in [0, 0.1) is 6.92 Å². The van der Waals surface area contributed by atoms with Crippen LogP contribution in [0.25, 0.3) is 22.8 Å². The molecule has 240 valence electrons.